The second-order valence-corrected chi connectivity index (χ2v) is 4.14. The molecule has 0 aliphatic rings. The molecular weight excluding hydrogens is 240 g/mol. The molecular formula is C11H12N2O3S. The number of hydrogen-bond acceptors (Lipinski definition) is 6. The fourth-order valence-electron chi connectivity index (χ4n) is 1.32. The number of ether oxygens (including phenoxy) is 2. The molecule has 0 atom stereocenters. The Hall–Kier alpha value is -1.82. The third-order valence-electron chi connectivity index (χ3n) is 2.12. The minimum Gasteiger partial charge on any atom is -0.493 e. The zero-order chi connectivity index (χ0) is 12.3. The Morgan fingerprint density at radius 2 is 1.94 bits per heavy atom. The van der Waals surface area contributed by atoms with E-state index < -0.39 is 0 Å². The summed E-state index contributed by atoms with van der Waals surface area (Å²) in [6.45, 7) is 0. The lowest BCUT2D eigenvalue weighted by atomic mass is 10.3. The molecule has 2 N–H and O–H groups in total. The lowest BCUT2D eigenvalue weighted by Gasteiger charge is -2.10. The van der Waals surface area contributed by atoms with Crippen LogP contribution in [0.5, 0.6) is 11.5 Å². The van der Waals surface area contributed by atoms with Crippen molar-refractivity contribution in [2.75, 3.05) is 20.0 Å². The zero-order valence-electron chi connectivity index (χ0n) is 9.47. The molecule has 2 rings (SSSR count). The molecule has 17 heavy (non-hydrogen) atoms. The first kappa shape index (κ1) is 11.7. The highest BCUT2D eigenvalue weighted by Gasteiger charge is 2.11. The highest BCUT2D eigenvalue weighted by atomic mass is 32.2. The summed E-state index contributed by atoms with van der Waals surface area (Å²) >= 11 is 1.33. The molecule has 0 aliphatic heterocycles. The molecule has 0 bridgehead atoms. The van der Waals surface area contributed by atoms with Crippen LogP contribution in [-0.2, 0) is 0 Å². The lowest BCUT2D eigenvalue weighted by Crippen LogP contribution is -1.95. The maximum atomic E-state index is 5.91. The maximum absolute atomic E-state index is 5.91. The number of nitrogens with zero attached hydrogens (tertiary/aromatic N) is 1. The second kappa shape index (κ2) is 5.01. The van der Waals surface area contributed by atoms with Crippen molar-refractivity contribution in [3.8, 4) is 11.5 Å². The van der Waals surface area contributed by atoms with E-state index in [-0.39, 0.29) is 0 Å². The third kappa shape index (κ3) is 2.47. The number of nitrogen functional groups attached to an aromatic ring is 1. The molecule has 0 saturated heterocycles. The first-order valence-corrected chi connectivity index (χ1v) is 5.65. The third-order valence-corrected chi connectivity index (χ3v) is 3.07. The molecule has 1 heterocycles. The number of nitrogens with two attached hydrogens (primary N) is 1. The van der Waals surface area contributed by atoms with Crippen molar-refractivity contribution < 1.29 is 13.9 Å². The Labute approximate surface area is 103 Å². The van der Waals surface area contributed by atoms with Gasteiger partial charge in [-0.25, -0.2) is 4.98 Å². The van der Waals surface area contributed by atoms with E-state index in [1.807, 2.05) is 0 Å². The van der Waals surface area contributed by atoms with Crippen LogP contribution in [0.2, 0.25) is 0 Å². The van der Waals surface area contributed by atoms with Gasteiger partial charge in [0.2, 0.25) is 0 Å². The number of benzene rings is 1. The van der Waals surface area contributed by atoms with E-state index in [0.717, 1.165) is 4.90 Å². The Morgan fingerprint density at radius 3 is 2.53 bits per heavy atom. The summed E-state index contributed by atoms with van der Waals surface area (Å²) in [5.74, 6) is 1.22. The smallest absolute Gasteiger partial charge is 0.260 e. The standard InChI is InChI=1S/C11H12N2O3S/c1-14-8-5-7(12)10(6-9(8)15-2)17-11-13-3-4-16-11/h3-6H,12H2,1-2H3. The SMILES string of the molecule is COc1cc(N)c(Sc2ncco2)cc1OC. The lowest BCUT2D eigenvalue weighted by molar-refractivity contribution is 0.354. The number of anilines is 1. The van der Waals surface area contributed by atoms with Crippen LogP contribution in [0.1, 0.15) is 0 Å². The molecule has 0 unspecified atom stereocenters. The Balaban J connectivity index is 2.34. The fraction of sp³-hybridized carbons (Fsp3) is 0.182. The van der Waals surface area contributed by atoms with Gasteiger partial charge in [0.25, 0.3) is 5.22 Å². The monoisotopic (exact) mass is 252 g/mol. The average molecular weight is 252 g/mol. The van der Waals surface area contributed by atoms with Gasteiger partial charge in [-0.15, -0.1) is 0 Å². The maximum Gasteiger partial charge on any atom is 0.260 e. The molecule has 6 heteroatoms. The van der Waals surface area contributed by atoms with Crippen molar-refractivity contribution in [2.24, 2.45) is 0 Å². The molecule has 0 spiro atoms. The molecule has 5 nitrogen and oxygen atoms in total. The minimum atomic E-state index is 0.531. The van der Waals surface area contributed by atoms with Gasteiger partial charge in [-0.3, -0.25) is 0 Å². The molecule has 90 valence electrons. The van der Waals surface area contributed by atoms with E-state index in [1.165, 1.54) is 18.0 Å². The quantitative estimate of drug-likeness (QED) is 0.843. The second-order valence-electron chi connectivity index (χ2n) is 3.15. The number of methoxy groups -OCH3 is 2. The van der Waals surface area contributed by atoms with Crippen molar-refractivity contribution in [3.05, 3.63) is 24.6 Å². The van der Waals surface area contributed by atoms with E-state index in [4.69, 9.17) is 19.6 Å². The first-order chi connectivity index (χ1) is 8.24. The van der Waals surface area contributed by atoms with Crippen LogP contribution in [0.15, 0.2) is 39.1 Å². The van der Waals surface area contributed by atoms with Gasteiger partial charge in [-0.05, 0) is 11.8 Å². The van der Waals surface area contributed by atoms with Crippen LogP contribution < -0.4 is 15.2 Å². The van der Waals surface area contributed by atoms with Gasteiger partial charge in [0.1, 0.15) is 6.26 Å². The highest BCUT2D eigenvalue weighted by Crippen LogP contribution is 2.39. The van der Waals surface area contributed by atoms with E-state index in [9.17, 15) is 0 Å². The Bertz CT molecular complexity index is 500. The van der Waals surface area contributed by atoms with Crippen LogP contribution in [0.25, 0.3) is 0 Å². The van der Waals surface area contributed by atoms with Crippen molar-refractivity contribution in [1.29, 1.82) is 0 Å². The van der Waals surface area contributed by atoms with Gasteiger partial charge in [-0.2, -0.15) is 0 Å². The van der Waals surface area contributed by atoms with Gasteiger partial charge >= 0.3 is 0 Å². The summed E-state index contributed by atoms with van der Waals surface area (Å²) in [6, 6.07) is 3.51. The van der Waals surface area contributed by atoms with Gasteiger partial charge in [-0.1, -0.05) is 0 Å². The molecule has 0 amide bonds. The average Bonchev–Trinajstić information content (AvgIpc) is 2.84. The first-order valence-electron chi connectivity index (χ1n) is 4.83. The Kier molecular flexibility index (Phi) is 3.43. The number of hydrogen-bond donors (Lipinski definition) is 1. The zero-order valence-corrected chi connectivity index (χ0v) is 10.3. The fourth-order valence-corrected chi connectivity index (χ4v) is 2.07. The molecule has 0 fully saturated rings. The molecule has 0 saturated carbocycles. The van der Waals surface area contributed by atoms with Crippen LogP contribution >= 0.6 is 11.8 Å². The van der Waals surface area contributed by atoms with Crippen molar-refractivity contribution in [1.82, 2.24) is 4.98 Å². The predicted octanol–water partition coefficient (Wildman–Crippen LogP) is 2.43. The van der Waals surface area contributed by atoms with Crippen molar-refractivity contribution in [2.45, 2.75) is 10.1 Å². The summed E-state index contributed by atoms with van der Waals surface area (Å²) in [7, 11) is 3.14. The van der Waals surface area contributed by atoms with Gasteiger partial charge in [0.15, 0.2) is 11.5 Å². The Morgan fingerprint density at radius 1 is 1.24 bits per heavy atom. The van der Waals surface area contributed by atoms with E-state index >= 15 is 0 Å². The molecule has 2 aromatic rings. The van der Waals surface area contributed by atoms with Crippen molar-refractivity contribution >= 4 is 17.4 Å². The molecule has 1 aromatic heterocycles. The summed E-state index contributed by atoms with van der Waals surface area (Å²) in [6.07, 6.45) is 3.10. The summed E-state index contributed by atoms with van der Waals surface area (Å²) in [5.41, 5.74) is 6.50. The van der Waals surface area contributed by atoms with Crippen LogP contribution in [0.4, 0.5) is 5.69 Å². The topological polar surface area (TPSA) is 70.5 Å². The van der Waals surface area contributed by atoms with Crippen LogP contribution in [0, 0.1) is 0 Å². The van der Waals surface area contributed by atoms with Crippen LogP contribution in [-0.4, -0.2) is 19.2 Å². The van der Waals surface area contributed by atoms with Gasteiger partial charge in [0, 0.05) is 22.7 Å². The number of aromatic nitrogens is 1. The van der Waals surface area contributed by atoms with E-state index in [1.54, 1.807) is 32.5 Å². The number of rotatable bonds is 4. The number of oxazole rings is 1. The van der Waals surface area contributed by atoms with E-state index in [0.29, 0.717) is 22.4 Å². The van der Waals surface area contributed by atoms with Gasteiger partial charge < -0.3 is 19.6 Å². The largest absolute Gasteiger partial charge is 0.493 e. The van der Waals surface area contributed by atoms with Crippen molar-refractivity contribution in [3.63, 3.8) is 0 Å². The highest BCUT2D eigenvalue weighted by molar-refractivity contribution is 7.99. The summed E-state index contributed by atoms with van der Waals surface area (Å²) in [5, 5.41) is 0.531. The summed E-state index contributed by atoms with van der Waals surface area (Å²) < 4.78 is 15.5. The molecule has 0 aliphatic carbocycles. The minimum absolute atomic E-state index is 0.531. The van der Waals surface area contributed by atoms with Crippen LogP contribution in [0.3, 0.4) is 0 Å². The van der Waals surface area contributed by atoms with E-state index in [2.05, 4.69) is 4.98 Å². The predicted molar refractivity (Wildman–Crippen MR) is 64.6 cm³/mol. The molecule has 0 radical (unpaired) electrons. The molecule has 1 aromatic carbocycles. The summed E-state index contributed by atoms with van der Waals surface area (Å²) in [4.78, 5) is 4.83. The van der Waals surface area contributed by atoms with Gasteiger partial charge in [0.05, 0.1) is 20.4 Å². The normalized spacial score (nSPS) is 10.2.